The topological polar surface area (TPSA) is 76.1 Å². The second-order valence-electron chi connectivity index (χ2n) is 6.85. The Balaban J connectivity index is 1.60. The van der Waals surface area contributed by atoms with E-state index in [0.717, 1.165) is 34.8 Å². The molecule has 0 aliphatic carbocycles. The molecule has 0 saturated carbocycles. The van der Waals surface area contributed by atoms with E-state index in [2.05, 4.69) is 27.5 Å². The lowest BCUT2D eigenvalue weighted by molar-refractivity contribution is -0.116. The zero-order valence-corrected chi connectivity index (χ0v) is 17.0. The molecule has 1 aromatic heterocycles. The lowest BCUT2D eigenvalue weighted by Crippen LogP contribution is -2.16. The zero-order chi connectivity index (χ0) is 20.6. The molecule has 0 saturated heterocycles. The second kappa shape index (κ2) is 9.68. The van der Waals surface area contributed by atoms with Crippen molar-refractivity contribution in [1.82, 2.24) is 9.97 Å². The van der Waals surface area contributed by atoms with E-state index in [-0.39, 0.29) is 12.3 Å². The average molecular weight is 390 g/mol. The average Bonchev–Trinajstić information content (AvgIpc) is 2.70. The van der Waals surface area contributed by atoms with E-state index in [9.17, 15) is 4.79 Å². The van der Waals surface area contributed by atoms with Gasteiger partial charge in [-0.3, -0.25) is 4.79 Å². The van der Waals surface area contributed by atoms with Gasteiger partial charge in [0.1, 0.15) is 17.9 Å². The Labute approximate surface area is 171 Å². The zero-order valence-electron chi connectivity index (χ0n) is 17.0. The first-order chi connectivity index (χ1) is 14.0. The van der Waals surface area contributed by atoms with Crippen molar-refractivity contribution in [3.63, 3.8) is 0 Å². The summed E-state index contributed by atoms with van der Waals surface area (Å²) in [6.45, 7) is 6.33. The fourth-order valence-electron chi connectivity index (χ4n) is 2.86. The van der Waals surface area contributed by atoms with Crippen LogP contribution in [-0.4, -0.2) is 22.5 Å². The molecular weight excluding hydrogens is 364 g/mol. The third kappa shape index (κ3) is 6.04. The number of aryl methyl sites for hydroxylation is 3. The van der Waals surface area contributed by atoms with Crippen LogP contribution in [0.4, 0.5) is 17.2 Å². The minimum absolute atomic E-state index is 0.0816. The van der Waals surface area contributed by atoms with Crippen molar-refractivity contribution in [3.8, 4) is 5.75 Å². The van der Waals surface area contributed by atoms with Crippen molar-refractivity contribution in [1.29, 1.82) is 0 Å². The smallest absolute Gasteiger partial charge is 0.227 e. The third-order valence-corrected chi connectivity index (χ3v) is 4.46. The highest BCUT2D eigenvalue weighted by Gasteiger charge is 2.09. The predicted molar refractivity (Wildman–Crippen MR) is 116 cm³/mol. The fraction of sp³-hybridized carbons (Fsp3) is 0.261. The van der Waals surface area contributed by atoms with Gasteiger partial charge in [0.05, 0.1) is 13.0 Å². The number of nitrogens with zero attached hydrogens (tertiary/aromatic N) is 2. The van der Waals surface area contributed by atoms with Crippen LogP contribution in [0.15, 0.2) is 54.9 Å². The van der Waals surface area contributed by atoms with Gasteiger partial charge in [0, 0.05) is 23.1 Å². The molecule has 0 radical (unpaired) electrons. The third-order valence-electron chi connectivity index (χ3n) is 4.46. The molecule has 6 heteroatoms. The molecule has 2 aromatic carbocycles. The number of benzene rings is 2. The quantitative estimate of drug-likeness (QED) is 0.577. The summed E-state index contributed by atoms with van der Waals surface area (Å²) >= 11 is 0. The lowest BCUT2D eigenvalue weighted by Gasteiger charge is -2.13. The van der Waals surface area contributed by atoms with Gasteiger partial charge in [0.25, 0.3) is 0 Å². The van der Waals surface area contributed by atoms with Crippen molar-refractivity contribution in [2.75, 3.05) is 17.2 Å². The Hall–Kier alpha value is -3.41. The van der Waals surface area contributed by atoms with E-state index in [4.69, 9.17) is 4.74 Å². The minimum atomic E-state index is -0.0816. The molecule has 29 heavy (non-hydrogen) atoms. The molecule has 6 nitrogen and oxygen atoms in total. The summed E-state index contributed by atoms with van der Waals surface area (Å²) in [5.41, 5.74) is 4.78. The number of ether oxygens (including phenoxy) is 1. The molecule has 3 rings (SSSR count). The summed E-state index contributed by atoms with van der Waals surface area (Å²) < 4.78 is 5.65. The van der Waals surface area contributed by atoms with Crippen LogP contribution in [-0.2, 0) is 11.2 Å². The number of hydrogen-bond donors (Lipinski definition) is 2. The Morgan fingerprint density at radius 2 is 1.83 bits per heavy atom. The van der Waals surface area contributed by atoms with Crippen molar-refractivity contribution in [2.24, 2.45) is 0 Å². The summed E-state index contributed by atoms with van der Waals surface area (Å²) in [7, 11) is 0. The van der Waals surface area contributed by atoms with E-state index >= 15 is 0 Å². The highest BCUT2D eigenvalue weighted by Crippen LogP contribution is 2.24. The van der Waals surface area contributed by atoms with Crippen LogP contribution in [0.2, 0.25) is 0 Å². The molecule has 3 aromatic rings. The Morgan fingerprint density at radius 3 is 2.55 bits per heavy atom. The molecule has 0 aliphatic rings. The first kappa shape index (κ1) is 20.3. The van der Waals surface area contributed by atoms with Crippen molar-refractivity contribution in [3.05, 3.63) is 71.7 Å². The SMILES string of the molecule is CCc1ccc(Nc2cc(C)ncn2)cc1NC(=O)CCOc1ccc(C)cc1. The Bertz CT molecular complexity index is 971. The van der Waals surface area contributed by atoms with E-state index in [0.29, 0.717) is 12.4 Å². The van der Waals surface area contributed by atoms with Crippen molar-refractivity contribution >= 4 is 23.1 Å². The van der Waals surface area contributed by atoms with Gasteiger partial charge < -0.3 is 15.4 Å². The van der Waals surface area contributed by atoms with Crippen LogP contribution in [0.1, 0.15) is 30.2 Å². The molecule has 0 fully saturated rings. The number of anilines is 3. The van der Waals surface area contributed by atoms with Gasteiger partial charge in [0.2, 0.25) is 5.91 Å². The maximum atomic E-state index is 12.4. The molecule has 150 valence electrons. The summed E-state index contributed by atoms with van der Waals surface area (Å²) in [6, 6.07) is 15.6. The first-order valence-corrected chi connectivity index (χ1v) is 9.71. The second-order valence-corrected chi connectivity index (χ2v) is 6.85. The number of rotatable bonds is 8. The van der Waals surface area contributed by atoms with Crippen LogP contribution >= 0.6 is 0 Å². The van der Waals surface area contributed by atoms with Gasteiger partial charge in [-0.2, -0.15) is 0 Å². The molecule has 0 atom stereocenters. The molecule has 0 aliphatic heterocycles. The number of amides is 1. The number of aromatic nitrogens is 2. The summed E-state index contributed by atoms with van der Waals surface area (Å²) in [4.78, 5) is 20.7. The van der Waals surface area contributed by atoms with Gasteiger partial charge in [-0.05, 0) is 50.1 Å². The fourth-order valence-corrected chi connectivity index (χ4v) is 2.86. The molecule has 0 bridgehead atoms. The molecular formula is C23H26N4O2. The number of carbonyl (C=O) groups excluding carboxylic acids is 1. The van der Waals surface area contributed by atoms with Gasteiger partial charge >= 0.3 is 0 Å². The predicted octanol–water partition coefficient (Wildman–Crippen LogP) is 4.81. The number of hydrogen-bond acceptors (Lipinski definition) is 5. The first-order valence-electron chi connectivity index (χ1n) is 9.71. The van der Waals surface area contributed by atoms with E-state index in [1.807, 2.05) is 62.4 Å². The standard InChI is InChI=1S/C23H26N4O2/c1-4-18-7-8-19(26-22-13-17(3)24-15-25-22)14-21(18)27-23(28)11-12-29-20-9-5-16(2)6-10-20/h5-10,13-15H,4,11-12H2,1-3H3,(H,27,28)(H,24,25,26). The Kier molecular flexibility index (Phi) is 6.79. The van der Waals surface area contributed by atoms with Crippen LogP contribution in [0.3, 0.4) is 0 Å². The summed E-state index contributed by atoms with van der Waals surface area (Å²) in [5, 5.41) is 6.25. The molecule has 2 N–H and O–H groups in total. The maximum Gasteiger partial charge on any atom is 0.227 e. The van der Waals surface area contributed by atoms with Crippen LogP contribution in [0.25, 0.3) is 0 Å². The highest BCUT2D eigenvalue weighted by molar-refractivity contribution is 5.92. The Morgan fingerprint density at radius 1 is 1.03 bits per heavy atom. The largest absolute Gasteiger partial charge is 0.493 e. The van der Waals surface area contributed by atoms with Gasteiger partial charge in [-0.1, -0.05) is 30.7 Å². The number of nitrogens with one attached hydrogen (secondary N) is 2. The lowest BCUT2D eigenvalue weighted by atomic mass is 10.1. The summed E-state index contributed by atoms with van der Waals surface area (Å²) in [6.07, 6.45) is 2.62. The van der Waals surface area contributed by atoms with Crippen LogP contribution < -0.4 is 15.4 Å². The van der Waals surface area contributed by atoms with Gasteiger partial charge in [-0.25, -0.2) is 9.97 Å². The highest BCUT2D eigenvalue weighted by atomic mass is 16.5. The van der Waals surface area contributed by atoms with E-state index < -0.39 is 0 Å². The molecule has 0 unspecified atom stereocenters. The molecule has 1 amide bonds. The number of carbonyl (C=O) groups is 1. The summed E-state index contributed by atoms with van der Waals surface area (Å²) in [5.74, 6) is 1.40. The monoisotopic (exact) mass is 390 g/mol. The minimum Gasteiger partial charge on any atom is -0.493 e. The molecule has 1 heterocycles. The molecule has 0 spiro atoms. The maximum absolute atomic E-state index is 12.4. The van der Waals surface area contributed by atoms with Crippen LogP contribution in [0.5, 0.6) is 5.75 Å². The van der Waals surface area contributed by atoms with Crippen LogP contribution in [0, 0.1) is 13.8 Å². The van der Waals surface area contributed by atoms with Gasteiger partial charge in [-0.15, -0.1) is 0 Å². The van der Waals surface area contributed by atoms with Gasteiger partial charge in [0.15, 0.2) is 0 Å². The van der Waals surface area contributed by atoms with E-state index in [1.165, 1.54) is 11.9 Å². The van der Waals surface area contributed by atoms with E-state index in [1.54, 1.807) is 0 Å². The van der Waals surface area contributed by atoms with Crippen molar-refractivity contribution in [2.45, 2.75) is 33.6 Å². The van der Waals surface area contributed by atoms with Crippen molar-refractivity contribution < 1.29 is 9.53 Å². The normalized spacial score (nSPS) is 10.4.